The van der Waals surface area contributed by atoms with Crippen molar-refractivity contribution < 1.29 is 22.6 Å². The van der Waals surface area contributed by atoms with Gasteiger partial charge in [0.15, 0.2) is 0 Å². The molecule has 0 saturated carbocycles. The largest absolute Gasteiger partial charge is 0.476 e. The lowest BCUT2D eigenvalue weighted by atomic mass is 9.95. The average Bonchev–Trinajstić information content (AvgIpc) is 3.04. The first-order valence-electron chi connectivity index (χ1n) is 7.73. The quantitative estimate of drug-likeness (QED) is 0.830. The highest BCUT2D eigenvalue weighted by Gasteiger charge is 2.49. The molecule has 0 N–H and O–H groups in total. The van der Waals surface area contributed by atoms with Crippen LogP contribution < -0.4 is 4.74 Å². The van der Waals surface area contributed by atoms with E-state index in [1.807, 2.05) is 0 Å². The van der Waals surface area contributed by atoms with Crippen LogP contribution in [0.25, 0.3) is 0 Å². The van der Waals surface area contributed by atoms with E-state index in [2.05, 4.69) is 14.9 Å². The van der Waals surface area contributed by atoms with E-state index in [0.29, 0.717) is 13.2 Å². The van der Waals surface area contributed by atoms with E-state index in [0.717, 1.165) is 38.4 Å². The lowest BCUT2D eigenvalue weighted by molar-refractivity contribution is -0.145. The predicted octanol–water partition coefficient (Wildman–Crippen LogP) is 2.52. The Labute approximate surface area is 132 Å². The lowest BCUT2D eigenvalue weighted by Gasteiger charge is -2.34. The number of methoxy groups -OCH3 is 1. The van der Waals surface area contributed by atoms with Crippen LogP contribution in [0.2, 0.25) is 0 Å². The van der Waals surface area contributed by atoms with Gasteiger partial charge in [-0.2, -0.15) is 18.2 Å². The molecule has 2 saturated heterocycles. The maximum Gasteiger partial charge on any atom is 0.451 e. The Morgan fingerprint density at radius 1 is 1.39 bits per heavy atom. The highest BCUT2D eigenvalue weighted by Crippen LogP contribution is 2.42. The van der Waals surface area contributed by atoms with Crippen molar-refractivity contribution in [3.8, 4) is 5.88 Å². The smallest absolute Gasteiger partial charge is 0.451 e. The van der Waals surface area contributed by atoms with E-state index in [1.165, 1.54) is 6.07 Å². The Bertz CT molecular complexity index is 555. The van der Waals surface area contributed by atoms with Crippen LogP contribution in [-0.4, -0.2) is 53.3 Å². The van der Waals surface area contributed by atoms with Crippen molar-refractivity contribution in [1.29, 1.82) is 0 Å². The lowest BCUT2D eigenvalue weighted by Crippen LogP contribution is -2.47. The molecule has 2 unspecified atom stereocenters. The maximum absolute atomic E-state index is 12.6. The minimum atomic E-state index is -4.56. The number of alkyl halides is 3. The summed E-state index contributed by atoms with van der Waals surface area (Å²) in [7, 11) is 1.70. The molecule has 0 aliphatic carbocycles. The van der Waals surface area contributed by atoms with E-state index in [4.69, 9.17) is 9.47 Å². The number of halogens is 3. The second-order valence-electron chi connectivity index (χ2n) is 6.17. The molecule has 0 bridgehead atoms. The summed E-state index contributed by atoms with van der Waals surface area (Å²) in [6.45, 7) is 2.00. The van der Waals surface area contributed by atoms with Crippen molar-refractivity contribution in [3.63, 3.8) is 0 Å². The van der Waals surface area contributed by atoms with Crippen molar-refractivity contribution in [2.45, 2.75) is 43.4 Å². The molecule has 3 rings (SSSR count). The Morgan fingerprint density at radius 2 is 2.22 bits per heavy atom. The van der Waals surface area contributed by atoms with E-state index in [9.17, 15) is 13.2 Å². The zero-order valence-electron chi connectivity index (χ0n) is 13.0. The third-order valence-corrected chi connectivity index (χ3v) is 4.75. The van der Waals surface area contributed by atoms with E-state index < -0.39 is 12.0 Å². The normalized spacial score (nSPS) is 28.1. The molecule has 8 heteroatoms. The molecule has 0 spiro atoms. The number of fused-ring (bicyclic) bond motifs is 1. The van der Waals surface area contributed by atoms with Crippen LogP contribution in [-0.2, 0) is 10.9 Å². The highest BCUT2D eigenvalue weighted by molar-refractivity contribution is 5.11. The fraction of sp³-hybridized carbons (Fsp3) is 0.733. The summed E-state index contributed by atoms with van der Waals surface area (Å²) in [6.07, 6.45) is 0.724. The second-order valence-corrected chi connectivity index (χ2v) is 6.17. The Hall–Kier alpha value is -1.41. The van der Waals surface area contributed by atoms with Crippen molar-refractivity contribution in [2.75, 3.05) is 26.9 Å². The average molecular weight is 331 g/mol. The standard InChI is InChI=1S/C15H20F3N3O2/c1-22-10-14-5-2-8-21(14)11(3-6-14)9-23-12-4-7-19-13(20-12)15(16,17)18/h4,7,11H,2-3,5-6,8-10H2,1H3. The van der Waals surface area contributed by atoms with Crippen LogP contribution in [0.1, 0.15) is 31.5 Å². The van der Waals surface area contributed by atoms with Gasteiger partial charge in [0, 0.05) is 31.0 Å². The molecule has 23 heavy (non-hydrogen) atoms. The number of hydrogen-bond donors (Lipinski definition) is 0. The number of aromatic nitrogens is 2. The van der Waals surface area contributed by atoms with Gasteiger partial charge in [0.1, 0.15) is 6.61 Å². The molecular weight excluding hydrogens is 311 g/mol. The molecule has 2 aliphatic heterocycles. The van der Waals surface area contributed by atoms with E-state index in [-0.39, 0.29) is 17.5 Å². The highest BCUT2D eigenvalue weighted by atomic mass is 19.4. The topological polar surface area (TPSA) is 47.5 Å². The fourth-order valence-corrected chi connectivity index (χ4v) is 3.80. The molecule has 5 nitrogen and oxygen atoms in total. The van der Waals surface area contributed by atoms with Gasteiger partial charge in [-0.1, -0.05) is 0 Å². The van der Waals surface area contributed by atoms with Crippen LogP contribution in [0.4, 0.5) is 13.2 Å². The Kier molecular flexibility index (Phi) is 4.46. The van der Waals surface area contributed by atoms with Crippen LogP contribution in [0.3, 0.4) is 0 Å². The van der Waals surface area contributed by atoms with Crippen LogP contribution >= 0.6 is 0 Å². The van der Waals surface area contributed by atoms with Crippen molar-refractivity contribution in [2.24, 2.45) is 0 Å². The molecule has 1 aromatic heterocycles. The van der Waals surface area contributed by atoms with E-state index >= 15 is 0 Å². The first kappa shape index (κ1) is 16.4. The van der Waals surface area contributed by atoms with Gasteiger partial charge in [-0.05, 0) is 32.2 Å². The number of nitrogens with zero attached hydrogens (tertiary/aromatic N) is 3. The summed E-state index contributed by atoms with van der Waals surface area (Å²) in [5.41, 5.74) is 0.0750. The van der Waals surface area contributed by atoms with E-state index in [1.54, 1.807) is 7.11 Å². The summed E-state index contributed by atoms with van der Waals surface area (Å²) < 4.78 is 48.7. The minimum absolute atomic E-state index is 0.0317. The summed E-state index contributed by atoms with van der Waals surface area (Å²) >= 11 is 0. The first-order chi connectivity index (χ1) is 10.9. The third-order valence-electron chi connectivity index (χ3n) is 4.75. The number of hydrogen-bond acceptors (Lipinski definition) is 5. The van der Waals surface area contributed by atoms with Crippen LogP contribution in [0, 0.1) is 0 Å². The van der Waals surface area contributed by atoms with Gasteiger partial charge in [-0.25, -0.2) is 4.98 Å². The van der Waals surface area contributed by atoms with Gasteiger partial charge < -0.3 is 9.47 Å². The van der Waals surface area contributed by atoms with Crippen molar-refractivity contribution >= 4 is 0 Å². The Morgan fingerprint density at radius 3 is 2.96 bits per heavy atom. The predicted molar refractivity (Wildman–Crippen MR) is 76.1 cm³/mol. The fourth-order valence-electron chi connectivity index (χ4n) is 3.80. The summed E-state index contributed by atoms with van der Waals surface area (Å²) in [5, 5.41) is 0. The van der Waals surface area contributed by atoms with Gasteiger partial charge in [-0.15, -0.1) is 0 Å². The summed E-state index contributed by atoms with van der Waals surface area (Å²) in [4.78, 5) is 9.07. The molecule has 2 aliphatic rings. The SMILES string of the molecule is COCC12CCCN1C(COc1ccnc(C(F)(F)F)n1)CC2. The monoisotopic (exact) mass is 331 g/mol. The van der Waals surface area contributed by atoms with Crippen LogP contribution in [0.5, 0.6) is 5.88 Å². The number of rotatable bonds is 5. The number of ether oxygens (including phenoxy) is 2. The molecule has 3 heterocycles. The maximum atomic E-state index is 12.6. The molecule has 0 radical (unpaired) electrons. The molecule has 2 fully saturated rings. The summed E-state index contributed by atoms with van der Waals surface area (Å²) in [6, 6.07) is 1.55. The zero-order valence-corrected chi connectivity index (χ0v) is 13.0. The van der Waals surface area contributed by atoms with Gasteiger partial charge in [0.2, 0.25) is 11.7 Å². The molecule has 0 aromatic carbocycles. The Balaban J connectivity index is 1.63. The second kappa shape index (κ2) is 6.24. The van der Waals surface area contributed by atoms with Gasteiger partial charge in [0.05, 0.1) is 6.61 Å². The van der Waals surface area contributed by atoms with Gasteiger partial charge in [-0.3, -0.25) is 4.90 Å². The molecular formula is C15H20F3N3O2. The van der Waals surface area contributed by atoms with Gasteiger partial charge >= 0.3 is 6.18 Å². The molecule has 2 atom stereocenters. The minimum Gasteiger partial charge on any atom is -0.476 e. The molecule has 1 aromatic rings. The van der Waals surface area contributed by atoms with Gasteiger partial charge in [0.25, 0.3) is 0 Å². The summed E-state index contributed by atoms with van der Waals surface area (Å²) in [5.74, 6) is -1.20. The van der Waals surface area contributed by atoms with Crippen molar-refractivity contribution in [3.05, 3.63) is 18.1 Å². The molecule has 0 amide bonds. The zero-order chi connectivity index (χ0) is 16.5. The molecule has 128 valence electrons. The third kappa shape index (κ3) is 3.28. The first-order valence-corrected chi connectivity index (χ1v) is 7.73. The van der Waals surface area contributed by atoms with Crippen molar-refractivity contribution in [1.82, 2.24) is 14.9 Å². The van der Waals surface area contributed by atoms with Crippen LogP contribution in [0.15, 0.2) is 12.3 Å².